The second kappa shape index (κ2) is 12.5. The van der Waals surface area contributed by atoms with Gasteiger partial charge in [-0.1, -0.05) is 61.5 Å². The maximum atomic E-state index is 12.9. The summed E-state index contributed by atoms with van der Waals surface area (Å²) in [6, 6.07) is 24.2. The van der Waals surface area contributed by atoms with Crippen molar-refractivity contribution in [2.45, 2.75) is 19.8 Å². The van der Waals surface area contributed by atoms with Gasteiger partial charge >= 0.3 is 0 Å². The van der Waals surface area contributed by atoms with Crippen molar-refractivity contribution in [3.05, 3.63) is 95.6 Å². The second-order valence-electron chi connectivity index (χ2n) is 7.67. The molecule has 0 aliphatic rings. The molecule has 7 heteroatoms. The molecule has 2 N–H and O–H groups in total. The maximum Gasteiger partial charge on any atom is 0.261 e. The van der Waals surface area contributed by atoms with Crippen LogP contribution in [0.15, 0.2) is 78.9 Å². The lowest BCUT2D eigenvalue weighted by atomic mass is 10.1. The van der Waals surface area contributed by atoms with Crippen molar-refractivity contribution in [2.24, 2.45) is 0 Å². The number of amides is 2. The predicted molar refractivity (Wildman–Crippen MR) is 140 cm³/mol. The number of benzene rings is 3. The molecule has 2 amide bonds. The third-order valence-corrected chi connectivity index (χ3v) is 5.55. The summed E-state index contributed by atoms with van der Waals surface area (Å²) in [4.78, 5) is 27.4. The van der Waals surface area contributed by atoms with Crippen LogP contribution in [0.3, 0.4) is 0 Å². The molecule has 0 aliphatic carbocycles. The van der Waals surface area contributed by atoms with Crippen LogP contribution in [0.4, 0.5) is 5.69 Å². The Hall–Kier alpha value is -3.71. The van der Waals surface area contributed by atoms with Gasteiger partial charge in [-0.05, 0) is 54.9 Å². The highest BCUT2D eigenvalue weighted by atomic mass is 32.1. The van der Waals surface area contributed by atoms with E-state index in [1.165, 1.54) is 0 Å². The van der Waals surface area contributed by atoms with Crippen LogP contribution in [0, 0.1) is 0 Å². The van der Waals surface area contributed by atoms with E-state index >= 15 is 0 Å². The smallest absolute Gasteiger partial charge is 0.261 e. The largest absolute Gasteiger partial charge is 0.493 e. The Morgan fingerprint density at radius 3 is 2.26 bits per heavy atom. The molecule has 0 spiro atoms. The number of rotatable bonds is 9. The molecule has 3 aromatic rings. The van der Waals surface area contributed by atoms with Crippen molar-refractivity contribution in [2.75, 3.05) is 25.1 Å². The summed E-state index contributed by atoms with van der Waals surface area (Å²) < 4.78 is 5.68. The molecule has 176 valence electrons. The number of ether oxygens (including phenoxy) is 1. The average molecular weight is 476 g/mol. The molecular formula is C27H29N3O3S. The first-order valence-corrected chi connectivity index (χ1v) is 11.6. The Labute approximate surface area is 205 Å². The molecule has 0 atom stereocenters. The minimum Gasteiger partial charge on any atom is -0.493 e. The number of carbonyl (C=O) groups is 2. The van der Waals surface area contributed by atoms with Gasteiger partial charge in [0.25, 0.3) is 11.8 Å². The average Bonchev–Trinajstić information content (AvgIpc) is 2.87. The molecule has 0 fully saturated rings. The first kappa shape index (κ1) is 24.9. The highest BCUT2D eigenvalue weighted by Crippen LogP contribution is 2.21. The van der Waals surface area contributed by atoms with Crippen LogP contribution in [0.5, 0.6) is 5.75 Å². The fourth-order valence-electron chi connectivity index (χ4n) is 3.37. The molecule has 0 aromatic heterocycles. The van der Waals surface area contributed by atoms with Crippen molar-refractivity contribution < 1.29 is 14.3 Å². The van der Waals surface area contributed by atoms with E-state index in [-0.39, 0.29) is 16.9 Å². The Kier molecular flexibility index (Phi) is 9.17. The van der Waals surface area contributed by atoms with Gasteiger partial charge in [-0.2, -0.15) is 0 Å². The molecule has 0 bridgehead atoms. The molecule has 34 heavy (non-hydrogen) atoms. The van der Waals surface area contributed by atoms with Crippen LogP contribution in [0.25, 0.3) is 0 Å². The number of nitrogens with one attached hydrogen (secondary N) is 2. The van der Waals surface area contributed by atoms with E-state index in [1.54, 1.807) is 48.3 Å². The molecular weight excluding hydrogens is 446 g/mol. The first-order chi connectivity index (χ1) is 16.5. The Morgan fingerprint density at radius 1 is 0.882 bits per heavy atom. The van der Waals surface area contributed by atoms with Gasteiger partial charge in [0.05, 0.1) is 23.4 Å². The first-order valence-electron chi connectivity index (χ1n) is 11.2. The van der Waals surface area contributed by atoms with E-state index in [0.717, 1.165) is 18.4 Å². The van der Waals surface area contributed by atoms with Crippen LogP contribution >= 0.6 is 12.2 Å². The van der Waals surface area contributed by atoms with Gasteiger partial charge in [-0.3, -0.25) is 14.9 Å². The van der Waals surface area contributed by atoms with Crippen LogP contribution in [-0.2, 0) is 6.42 Å². The van der Waals surface area contributed by atoms with Crippen LogP contribution < -0.4 is 20.3 Å². The van der Waals surface area contributed by atoms with E-state index in [2.05, 4.69) is 10.6 Å². The number of nitrogens with zero attached hydrogens (tertiary/aromatic N) is 1. The van der Waals surface area contributed by atoms with E-state index in [1.807, 2.05) is 49.4 Å². The lowest BCUT2D eigenvalue weighted by Crippen LogP contribution is -2.41. The summed E-state index contributed by atoms with van der Waals surface area (Å²) >= 11 is 5.48. The Balaban J connectivity index is 1.66. The summed E-state index contributed by atoms with van der Waals surface area (Å²) in [5.74, 6) is -0.0651. The molecule has 0 saturated heterocycles. The van der Waals surface area contributed by atoms with Crippen molar-refractivity contribution in [1.29, 1.82) is 0 Å². The van der Waals surface area contributed by atoms with E-state index < -0.39 is 0 Å². The fraction of sp³-hybridized carbons (Fsp3) is 0.222. The van der Waals surface area contributed by atoms with Gasteiger partial charge in [0.2, 0.25) is 0 Å². The molecule has 0 unspecified atom stereocenters. The molecule has 0 heterocycles. The van der Waals surface area contributed by atoms with E-state index in [9.17, 15) is 9.59 Å². The van der Waals surface area contributed by atoms with Gasteiger partial charge in [0.1, 0.15) is 5.75 Å². The van der Waals surface area contributed by atoms with Gasteiger partial charge in [0, 0.05) is 13.6 Å². The number of anilines is 1. The predicted octanol–water partition coefficient (Wildman–Crippen LogP) is 4.60. The van der Waals surface area contributed by atoms with E-state index in [0.29, 0.717) is 35.7 Å². The number of hydrogen-bond donors (Lipinski definition) is 2. The zero-order valence-electron chi connectivity index (χ0n) is 19.4. The number of carbonyl (C=O) groups excluding carboxylic acids is 2. The summed E-state index contributed by atoms with van der Waals surface area (Å²) in [6.07, 6.45) is 1.57. The number of hydrogen-bond acceptors (Lipinski definition) is 4. The highest BCUT2D eigenvalue weighted by molar-refractivity contribution is 7.80. The summed E-state index contributed by atoms with van der Waals surface area (Å²) in [6.45, 7) is 3.03. The third kappa shape index (κ3) is 6.65. The zero-order valence-corrected chi connectivity index (χ0v) is 20.2. The molecule has 3 rings (SSSR count). The second-order valence-corrected chi connectivity index (χ2v) is 8.06. The van der Waals surface area contributed by atoms with Crippen LogP contribution in [-0.4, -0.2) is 37.1 Å². The zero-order chi connectivity index (χ0) is 24.3. The van der Waals surface area contributed by atoms with Crippen molar-refractivity contribution in [3.63, 3.8) is 0 Å². The number of thiocarbonyl (C=S) groups is 1. The summed E-state index contributed by atoms with van der Waals surface area (Å²) in [7, 11) is 1.72. The normalized spacial score (nSPS) is 10.3. The highest BCUT2D eigenvalue weighted by Gasteiger charge is 2.19. The maximum absolute atomic E-state index is 12.9. The Morgan fingerprint density at radius 2 is 1.53 bits per heavy atom. The summed E-state index contributed by atoms with van der Waals surface area (Å²) in [5.41, 5.74) is 2.63. The van der Waals surface area contributed by atoms with E-state index in [4.69, 9.17) is 17.0 Å². The molecule has 0 saturated carbocycles. The van der Waals surface area contributed by atoms with Crippen LogP contribution in [0.2, 0.25) is 0 Å². The third-order valence-electron chi connectivity index (χ3n) is 5.17. The Bertz CT molecular complexity index is 1130. The minimum atomic E-state index is -0.367. The SMILES string of the molecule is CCCOc1ccccc1C(=O)NC(=S)N(C)c1ccccc1C(=O)NCCc1ccccc1. The summed E-state index contributed by atoms with van der Waals surface area (Å²) in [5, 5.41) is 5.89. The van der Waals surface area contributed by atoms with Gasteiger partial charge < -0.3 is 15.0 Å². The fourth-order valence-corrected chi connectivity index (χ4v) is 3.56. The molecule has 6 nitrogen and oxygen atoms in total. The van der Waals surface area contributed by atoms with Gasteiger partial charge in [0.15, 0.2) is 5.11 Å². The van der Waals surface area contributed by atoms with Crippen molar-refractivity contribution in [1.82, 2.24) is 10.6 Å². The van der Waals surface area contributed by atoms with Crippen molar-refractivity contribution >= 4 is 34.8 Å². The van der Waals surface area contributed by atoms with Crippen molar-refractivity contribution in [3.8, 4) is 5.75 Å². The number of para-hydroxylation sites is 2. The quantitative estimate of drug-likeness (QED) is 0.443. The molecule has 0 aliphatic heterocycles. The lowest BCUT2D eigenvalue weighted by Gasteiger charge is -2.23. The molecule has 3 aromatic carbocycles. The minimum absolute atomic E-state index is 0.180. The standard InChI is InChI=1S/C27H29N3O3S/c1-3-19-33-24-16-10-8-14-22(24)26(32)29-27(34)30(2)23-15-9-7-13-21(23)25(31)28-18-17-20-11-5-4-6-12-20/h4-16H,3,17-19H2,1-2H3,(H,28,31)(H,29,32,34). The lowest BCUT2D eigenvalue weighted by molar-refractivity contribution is 0.0952. The molecule has 0 radical (unpaired) electrons. The monoisotopic (exact) mass is 475 g/mol. The van der Waals surface area contributed by atoms with Crippen LogP contribution in [0.1, 0.15) is 39.6 Å². The van der Waals surface area contributed by atoms with Gasteiger partial charge in [-0.15, -0.1) is 0 Å². The topological polar surface area (TPSA) is 70.7 Å². The van der Waals surface area contributed by atoms with Gasteiger partial charge in [-0.25, -0.2) is 0 Å².